The maximum absolute atomic E-state index is 13.2. The number of hydrogen-bond acceptors (Lipinski definition) is 9. The Kier molecular flexibility index (Phi) is 22.8. The first-order valence-corrected chi connectivity index (χ1v) is 43.4. The van der Waals surface area contributed by atoms with Gasteiger partial charge in [0.05, 0.1) is 80.8 Å². The van der Waals surface area contributed by atoms with Gasteiger partial charge in [-0.2, -0.15) is 10.2 Å². The number of urea groups is 1. The Labute approximate surface area is 638 Å². The molecule has 554 valence electrons. The van der Waals surface area contributed by atoms with Gasteiger partial charge in [-0.25, -0.2) is 9.48 Å². The van der Waals surface area contributed by atoms with Gasteiger partial charge in [-0.1, -0.05) is 241 Å². The highest BCUT2D eigenvalue weighted by Crippen LogP contribution is 2.47. The van der Waals surface area contributed by atoms with E-state index in [2.05, 4.69) is 206 Å². The highest BCUT2D eigenvalue weighted by atomic mass is 35.5. The van der Waals surface area contributed by atoms with Crippen molar-refractivity contribution in [1.82, 2.24) is 34.3 Å². The van der Waals surface area contributed by atoms with E-state index in [1.807, 2.05) is 138 Å². The average Bonchev–Trinajstić information content (AvgIpc) is 1.65. The number of aliphatic imine (C=N–C) groups is 1. The molecule has 3 aliphatic rings. The zero-order valence-electron chi connectivity index (χ0n) is 64.4. The molecule has 3 N–H and O–H groups in total. The van der Waals surface area contributed by atoms with Crippen molar-refractivity contribution < 1.29 is 28.3 Å². The second-order valence-corrected chi connectivity index (χ2v) is 41.7. The maximum Gasteiger partial charge on any atom is 0.315 e. The predicted molar refractivity (Wildman–Crippen MR) is 436 cm³/mol. The first kappa shape index (κ1) is 77.0. The van der Waals surface area contributed by atoms with Crippen LogP contribution >= 0.6 is 11.6 Å². The van der Waals surface area contributed by atoms with Gasteiger partial charge >= 0.3 is 6.03 Å². The lowest BCUT2D eigenvalue weighted by Crippen LogP contribution is -2.41. The number of nitrogens with two attached hydrogens (primary N) is 1. The number of rotatable bonds is 19. The zero-order chi connectivity index (χ0) is 76.3. The van der Waals surface area contributed by atoms with E-state index in [1.165, 1.54) is 11.1 Å². The number of carbonyl (C=O) groups is 3. The molecule has 0 radical (unpaired) electrons. The lowest BCUT2D eigenvalue weighted by atomic mass is 9.77. The smallest absolute Gasteiger partial charge is 0.315 e. The molecule has 0 bridgehead atoms. The molecule has 0 unspecified atom stereocenters. The van der Waals surface area contributed by atoms with Crippen molar-refractivity contribution >= 4 is 74.1 Å². The number of primary amides is 1. The van der Waals surface area contributed by atoms with Crippen LogP contribution in [0.1, 0.15) is 169 Å². The van der Waals surface area contributed by atoms with E-state index in [-0.39, 0.29) is 53.2 Å². The van der Waals surface area contributed by atoms with Gasteiger partial charge in [0.2, 0.25) is 11.8 Å². The Morgan fingerprint density at radius 1 is 0.561 bits per heavy atom. The van der Waals surface area contributed by atoms with Crippen LogP contribution in [-0.4, -0.2) is 80.1 Å². The molecule has 11 aromatic rings. The zero-order valence-corrected chi connectivity index (χ0v) is 67.2. The third-order valence-electron chi connectivity index (χ3n) is 23.3. The minimum Gasteiger partial charge on any atom is -0.413 e. The Bertz CT molecular complexity index is 4930. The number of carbonyl (C=O) groups excluding carboxylic acids is 3. The topological polar surface area (TPSA) is 174 Å². The third kappa shape index (κ3) is 15.6. The van der Waals surface area contributed by atoms with Crippen LogP contribution in [0.2, 0.25) is 41.3 Å². The molecule has 9 aromatic carbocycles. The summed E-state index contributed by atoms with van der Waals surface area (Å²) in [6.07, 6.45) is 6.54. The van der Waals surface area contributed by atoms with Gasteiger partial charge in [-0.05, 0) is 153 Å². The summed E-state index contributed by atoms with van der Waals surface area (Å²) >= 11 is 7.40. The van der Waals surface area contributed by atoms with Gasteiger partial charge < -0.3 is 34.4 Å². The maximum atomic E-state index is 13.2. The van der Waals surface area contributed by atoms with Crippen molar-refractivity contribution in [3.8, 4) is 0 Å². The van der Waals surface area contributed by atoms with Crippen molar-refractivity contribution in [3.63, 3.8) is 0 Å². The minimum atomic E-state index is -2.21. The van der Waals surface area contributed by atoms with E-state index >= 15 is 0 Å². The van der Waals surface area contributed by atoms with Crippen molar-refractivity contribution in [1.29, 1.82) is 0 Å². The Morgan fingerprint density at radius 2 is 0.981 bits per heavy atom. The van der Waals surface area contributed by atoms with Crippen LogP contribution in [0.15, 0.2) is 218 Å². The minimum absolute atomic E-state index is 0.0142. The van der Waals surface area contributed by atoms with Gasteiger partial charge in [-0.15, -0.1) is 0 Å². The second-order valence-electron chi connectivity index (χ2n) is 31.7. The normalized spacial score (nSPS) is 14.7. The molecule has 18 heteroatoms. The summed E-state index contributed by atoms with van der Waals surface area (Å²) < 4.78 is 17.6. The number of nitrogens with zero attached hydrogens (tertiary/aromatic N) is 8. The standard InChI is InChI=1S/C43H47ClN4O2Si.C26H35N3O2Si.C20H20N2O2/c1-31(32-19-11-7-12-20-32)47(41(45)49)29-37-38(30-50-51(5,6)42(2,3)4)36-28-46-48(40(36)27-39(37)44)43(33-21-13-8-14-22-33,34-23-15-9-16-24-34)35-25-17-10-18-26-35;1-18(19-11-9-8-10-12-19)29-16-22-20(14-25(29)30)13-24-21(15-27-28(24)5)23(22)17-31-32(6,7)26(2,3)4;1-13(14-5-3-2-4-6-14)22-11-18-15(8-20(22)24)7-16-9-21-10-17(16)19(18)12-23/h7-28,31H,29-30H2,1-6H3,(H2,45,49);8-13,15,18H,14,16-17H2,1-7H3;2-7,10,13,23H,8-9,11-12H2,1H3/t31-;18-;13-/m111/s1. The molecule has 0 fully saturated rings. The molecular formula is C89H102ClN9O6Si2. The predicted octanol–water partition coefficient (Wildman–Crippen LogP) is 19.2. The van der Waals surface area contributed by atoms with Crippen LogP contribution in [0.4, 0.5) is 4.79 Å². The monoisotopic (exact) mass is 1480 g/mol. The number of aromatic nitrogens is 4. The lowest BCUT2D eigenvalue weighted by molar-refractivity contribution is -0.135. The van der Waals surface area contributed by atoms with Gasteiger partial charge in [0.1, 0.15) is 5.54 Å². The highest BCUT2D eigenvalue weighted by Gasteiger charge is 2.43. The molecular weight excluding hydrogens is 1380 g/mol. The summed E-state index contributed by atoms with van der Waals surface area (Å²) in [5.74, 6) is 0.313. The molecule has 5 heterocycles. The van der Waals surface area contributed by atoms with E-state index in [0.29, 0.717) is 50.7 Å². The molecule has 4 amide bonds. The molecule has 15 nitrogen and oxygen atoms in total. The van der Waals surface area contributed by atoms with Crippen molar-refractivity contribution in [2.45, 2.75) is 181 Å². The molecule has 3 aliphatic heterocycles. The number of benzene rings is 9. The largest absolute Gasteiger partial charge is 0.413 e. The summed E-state index contributed by atoms with van der Waals surface area (Å²) in [4.78, 5) is 48.9. The molecule has 0 saturated heterocycles. The molecule has 14 rings (SSSR count). The van der Waals surface area contributed by atoms with Crippen LogP contribution in [-0.2, 0) is 89.9 Å². The van der Waals surface area contributed by atoms with Gasteiger partial charge in [0.15, 0.2) is 16.6 Å². The van der Waals surface area contributed by atoms with E-state index < -0.39 is 28.2 Å². The number of fused-ring (bicyclic) bond motifs is 5. The molecule has 2 aromatic heterocycles. The van der Waals surface area contributed by atoms with Crippen molar-refractivity contribution in [2.75, 3.05) is 0 Å². The summed E-state index contributed by atoms with van der Waals surface area (Å²) in [7, 11) is -2.18. The summed E-state index contributed by atoms with van der Waals surface area (Å²) in [5, 5.41) is 22.3. The summed E-state index contributed by atoms with van der Waals surface area (Å²) in [5.41, 5.74) is 24.1. The Hall–Kier alpha value is -9.60. The number of aliphatic hydroxyl groups excluding tert-OH is 1. The highest BCUT2D eigenvalue weighted by molar-refractivity contribution is 6.74. The fraction of sp³-hybridized carbons (Fsp3) is 0.326. The number of aliphatic hydroxyl groups is 1. The molecule has 3 atom stereocenters. The SMILES string of the molecule is C[C@H](c1ccccc1)N(Cc1c(Cl)cc2c(cnn2C(c2ccccc2)(c2ccccc2)c2ccccc2)c1CO[Si](C)(C)C(C)(C)C)C(N)=O.C[C@H](c1ccccc1)N1Cc2c(cc3c(c2CO)C=NC3)CC1=O.C[C@H](c1ccccc1)N1Cc2c(cc3c(cnn3C)c2CO[Si](C)(C)C(C)(C)C)CC1=O. The molecule has 0 saturated carbocycles. The fourth-order valence-electron chi connectivity index (χ4n) is 14.7. The first-order chi connectivity index (χ1) is 51.0. The second kappa shape index (κ2) is 31.7. The fourth-order valence-corrected chi connectivity index (χ4v) is 16.9. The quantitative estimate of drug-likeness (QED) is 0.0594. The first-order valence-electron chi connectivity index (χ1n) is 37.2. The van der Waals surface area contributed by atoms with Crippen molar-refractivity contribution in [3.05, 3.63) is 307 Å². The van der Waals surface area contributed by atoms with Crippen LogP contribution in [0.3, 0.4) is 0 Å². The van der Waals surface area contributed by atoms with E-state index in [0.717, 1.165) is 99.7 Å². The lowest BCUT2D eigenvalue weighted by Gasteiger charge is -2.38. The number of aryl methyl sites for hydroxylation is 1. The number of hydrogen-bond donors (Lipinski definition) is 2. The van der Waals surface area contributed by atoms with E-state index in [4.69, 9.17) is 31.3 Å². The summed E-state index contributed by atoms with van der Waals surface area (Å²) in [6, 6.07) is 67.2. The van der Waals surface area contributed by atoms with Gasteiger partial charge in [-0.3, -0.25) is 19.3 Å². The number of amides is 4. The van der Waals surface area contributed by atoms with Crippen LogP contribution < -0.4 is 5.73 Å². The third-order valence-corrected chi connectivity index (χ3v) is 32.6. The van der Waals surface area contributed by atoms with Gasteiger partial charge in [0.25, 0.3) is 0 Å². The number of halogens is 1. The molecule has 0 aliphatic carbocycles. The molecule has 107 heavy (non-hydrogen) atoms. The Balaban J connectivity index is 0.000000163. The van der Waals surface area contributed by atoms with Crippen LogP contribution in [0.25, 0.3) is 21.8 Å². The van der Waals surface area contributed by atoms with Crippen molar-refractivity contribution in [2.24, 2.45) is 17.8 Å². The van der Waals surface area contributed by atoms with Crippen LogP contribution in [0.5, 0.6) is 0 Å². The van der Waals surface area contributed by atoms with Gasteiger partial charge in [0, 0.05) is 54.3 Å². The van der Waals surface area contributed by atoms with E-state index in [1.54, 1.807) is 4.90 Å². The average molecular weight is 1490 g/mol. The Morgan fingerprint density at radius 3 is 1.44 bits per heavy atom. The van der Waals surface area contributed by atoms with E-state index in [9.17, 15) is 19.5 Å². The summed E-state index contributed by atoms with van der Waals surface area (Å²) in [6.45, 7) is 31.6. The molecule has 0 spiro atoms. The van der Waals surface area contributed by atoms with Crippen LogP contribution in [0, 0.1) is 0 Å².